The zero-order valence-corrected chi connectivity index (χ0v) is 15.4. The standard InChI is InChI=1S/C19H23N5O3/c1-13-21-18(27-22-13)15-6-2-3-7-16(15)19(26)23-9-4-5-14(12-23)24-10-8-20-11-17(24)25/h2-3,6-7,14,20H,4-5,8-12H2,1H3. The first kappa shape index (κ1) is 17.7. The summed E-state index contributed by atoms with van der Waals surface area (Å²) in [6, 6.07) is 7.37. The molecule has 4 rings (SSSR count). The molecule has 0 aliphatic carbocycles. The second kappa shape index (κ2) is 7.48. The van der Waals surface area contributed by atoms with Gasteiger partial charge in [-0.1, -0.05) is 17.3 Å². The molecule has 1 N–H and O–H groups in total. The molecule has 3 heterocycles. The van der Waals surface area contributed by atoms with Crippen LogP contribution in [0.15, 0.2) is 28.8 Å². The number of likely N-dealkylation sites (tertiary alicyclic amines) is 1. The van der Waals surface area contributed by atoms with Gasteiger partial charge in [-0.25, -0.2) is 0 Å². The summed E-state index contributed by atoms with van der Waals surface area (Å²) in [6.45, 7) is 4.87. The molecule has 0 saturated carbocycles. The third kappa shape index (κ3) is 3.57. The van der Waals surface area contributed by atoms with Crippen LogP contribution in [0.5, 0.6) is 0 Å². The Morgan fingerprint density at radius 3 is 2.93 bits per heavy atom. The minimum Gasteiger partial charge on any atom is -0.337 e. The maximum absolute atomic E-state index is 13.2. The lowest BCUT2D eigenvalue weighted by Gasteiger charge is -2.41. The Bertz CT molecular complexity index is 849. The molecule has 0 bridgehead atoms. The number of hydrogen-bond donors (Lipinski definition) is 1. The van der Waals surface area contributed by atoms with Crippen molar-refractivity contribution >= 4 is 11.8 Å². The number of rotatable bonds is 3. The van der Waals surface area contributed by atoms with Crippen LogP contribution in [0.3, 0.4) is 0 Å². The normalized spacial score (nSPS) is 20.8. The Balaban J connectivity index is 1.55. The number of aromatic nitrogens is 2. The first-order valence-electron chi connectivity index (χ1n) is 9.32. The van der Waals surface area contributed by atoms with Crippen molar-refractivity contribution in [2.24, 2.45) is 0 Å². The number of piperazine rings is 1. The number of aryl methyl sites for hydroxylation is 1. The van der Waals surface area contributed by atoms with Gasteiger partial charge in [0.15, 0.2) is 5.82 Å². The molecule has 8 nitrogen and oxygen atoms in total. The van der Waals surface area contributed by atoms with Gasteiger partial charge in [0, 0.05) is 32.2 Å². The molecule has 1 atom stereocenters. The van der Waals surface area contributed by atoms with E-state index in [1.54, 1.807) is 13.0 Å². The maximum Gasteiger partial charge on any atom is 0.258 e. The van der Waals surface area contributed by atoms with Crippen molar-refractivity contribution in [2.75, 3.05) is 32.7 Å². The van der Waals surface area contributed by atoms with Gasteiger partial charge in [0.05, 0.1) is 17.7 Å². The number of piperidine rings is 1. The molecule has 2 aromatic rings. The van der Waals surface area contributed by atoms with Crippen molar-refractivity contribution < 1.29 is 14.1 Å². The van der Waals surface area contributed by atoms with Crippen LogP contribution in [-0.4, -0.2) is 70.5 Å². The van der Waals surface area contributed by atoms with E-state index in [0.717, 1.165) is 19.4 Å². The van der Waals surface area contributed by atoms with Gasteiger partial charge in [-0.15, -0.1) is 0 Å². The summed E-state index contributed by atoms with van der Waals surface area (Å²) in [5.74, 6) is 0.931. The molecule has 2 aliphatic rings. The number of amides is 2. The molecule has 2 fully saturated rings. The Kier molecular flexibility index (Phi) is 4.89. The van der Waals surface area contributed by atoms with E-state index >= 15 is 0 Å². The lowest BCUT2D eigenvalue weighted by molar-refractivity contribution is -0.135. The first-order chi connectivity index (χ1) is 13.1. The fourth-order valence-electron chi connectivity index (χ4n) is 3.83. The fourth-order valence-corrected chi connectivity index (χ4v) is 3.83. The van der Waals surface area contributed by atoms with E-state index in [2.05, 4.69) is 15.5 Å². The Labute approximate surface area is 157 Å². The number of hydrogen-bond acceptors (Lipinski definition) is 6. The van der Waals surface area contributed by atoms with Gasteiger partial charge in [-0.05, 0) is 31.9 Å². The smallest absolute Gasteiger partial charge is 0.258 e. The van der Waals surface area contributed by atoms with Gasteiger partial charge < -0.3 is 19.6 Å². The molecule has 1 unspecified atom stereocenters. The number of nitrogens with zero attached hydrogens (tertiary/aromatic N) is 4. The number of benzene rings is 1. The van der Waals surface area contributed by atoms with Crippen molar-refractivity contribution in [2.45, 2.75) is 25.8 Å². The molecule has 142 valence electrons. The van der Waals surface area contributed by atoms with Gasteiger partial charge in [0.2, 0.25) is 5.91 Å². The average Bonchev–Trinajstić information content (AvgIpc) is 3.14. The molecule has 27 heavy (non-hydrogen) atoms. The predicted octanol–water partition coefficient (Wildman–Crippen LogP) is 1.08. The summed E-state index contributed by atoms with van der Waals surface area (Å²) in [5.41, 5.74) is 1.19. The molecule has 1 aromatic heterocycles. The summed E-state index contributed by atoms with van der Waals surface area (Å²) < 4.78 is 5.27. The molecule has 1 aromatic carbocycles. The molecular formula is C19H23N5O3. The van der Waals surface area contributed by atoms with Crippen molar-refractivity contribution in [1.29, 1.82) is 0 Å². The van der Waals surface area contributed by atoms with Gasteiger partial charge in [0.1, 0.15) is 0 Å². The first-order valence-corrected chi connectivity index (χ1v) is 9.32. The van der Waals surface area contributed by atoms with E-state index in [9.17, 15) is 9.59 Å². The Morgan fingerprint density at radius 1 is 1.30 bits per heavy atom. The maximum atomic E-state index is 13.2. The minimum absolute atomic E-state index is 0.0614. The van der Waals surface area contributed by atoms with Crippen LogP contribution in [-0.2, 0) is 4.79 Å². The number of carbonyl (C=O) groups excluding carboxylic acids is 2. The summed E-state index contributed by atoms with van der Waals surface area (Å²) in [4.78, 5) is 33.5. The highest BCUT2D eigenvalue weighted by Gasteiger charge is 2.32. The van der Waals surface area contributed by atoms with E-state index in [-0.39, 0.29) is 17.9 Å². The SMILES string of the molecule is Cc1noc(-c2ccccc2C(=O)N2CCCC(N3CCNCC3=O)C2)n1. The molecule has 2 saturated heterocycles. The number of carbonyl (C=O) groups is 2. The second-order valence-electron chi connectivity index (χ2n) is 7.00. The monoisotopic (exact) mass is 369 g/mol. The van der Waals surface area contributed by atoms with Crippen molar-refractivity contribution in [3.63, 3.8) is 0 Å². The Morgan fingerprint density at radius 2 is 2.15 bits per heavy atom. The summed E-state index contributed by atoms with van der Waals surface area (Å²) in [5, 5.41) is 6.92. The lowest BCUT2D eigenvalue weighted by Crippen LogP contribution is -2.57. The van der Waals surface area contributed by atoms with Crippen LogP contribution < -0.4 is 5.32 Å². The zero-order chi connectivity index (χ0) is 18.8. The third-order valence-corrected chi connectivity index (χ3v) is 5.17. The van der Waals surface area contributed by atoms with Crippen LogP contribution in [0.1, 0.15) is 29.0 Å². The van der Waals surface area contributed by atoms with Gasteiger partial charge in [-0.3, -0.25) is 9.59 Å². The highest BCUT2D eigenvalue weighted by molar-refractivity contribution is 6.00. The highest BCUT2D eigenvalue weighted by atomic mass is 16.5. The predicted molar refractivity (Wildman–Crippen MR) is 98.0 cm³/mol. The quantitative estimate of drug-likeness (QED) is 0.871. The average molecular weight is 369 g/mol. The van der Waals surface area contributed by atoms with Gasteiger partial charge >= 0.3 is 0 Å². The largest absolute Gasteiger partial charge is 0.337 e. The zero-order valence-electron chi connectivity index (χ0n) is 15.4. The van der Waals surface area contributed by atoms with E-state index < -0.39 is 0 Å². The molecular weight excluding hydrogens is 346 g/mol. The van der Waals surface area contributed by atoms with Crippen LogP contribution in [0.4, 0.5) is 0 Å². The molecule has 2 aliphatic heterocycles. The van der Waals surface area contributed by atoms with Crippen molar-refractivity contribution in [3.8, 4) is 11.5 Å². The second-order valence-corrected chi connectivity index (χ2v) is 7.00. The summed E-state index contributed by atoms with van der Waals surface area (Å²) >= 11 is 0. The van der Waals surface area contributed by atoms with Crippen LogP contribution >= 0.6 is 0 Å². The highest BCUT2D eigenvalue weighted by Crippen LogP contribution is 2.25. The van der Waals surface area contributed by atoms with Crippen molar-refractivity contribution in [3.05, 3.63) is 35.7 Å². The summed E-state index contributed by atoms with van der Waals surface area (Å²) in [7, 11) is 0. The lowest BCUT2D eigenvalue weighted by atomic mass is 10.0. The van der Waals surface area contributed by atoms with E-state index in [0.29, 0.717) is 49.0 Å². The topological polar surface area (TPSA) is 91.6 Å². The molecule has 2 amide bonds. The molecule has 8 heteroatoms. The third-order valence-electron chi connectivity index (χ3n) is 5.17. The molecule has 0 radical (unpaired) electrons. The summed E-state index contributed by atoms with van der Waals surface area (Å²) in [6.07, 6.45) is 1.81. The minimum atomic E-state index is -0.0614. The number of nitrogens with one attached hydrogen (secondary N) is 1. The molecule has 0 spiro atoms. The van der Waals surface area contributed by atoms with E-state index in [1.807, 2.05) is 28.0 Å². The van der Waals surface area contributed by atoms with Crippen molar-refractivity contribution in [1.82, 2.24) is 25.3 Å². The van der Waals surface area contributed by atoms with Gasteiger partial charge in [0.25, 0.3) is 11.8 Å². The van der Waals surface area contributed by atoms with Gasteiger partial charge in [-0.2, -0.15) is 4.98 Å². The van der Waals surface area contributed by atoms with Crippen LogP contribution in [0.25, 0.3) is 11.5 Å². The Hall–Kier alpha value is -2.74. The van der Waals surface area contributed by atoms with E-state index in [4.69, 9.17) is 4.52 Å². The van der Waals surface area contributed by atoms with Crippen LogP contribution in [0.2, 0.25) is 0 Å². The fraction of sp³-hybridized carbons (Fsp3) is 0.474. The van der Waals surface area contributed by atoms with E-state index in [1.165, 1.54) is 0 Å². The van der Waals surface area contributed by atoms with Crippen LogP contribution in [0, 0.1) is 6.92 Å².